The average Bonchev–Trinajstić information content (AvgIpc) is 2.85. The number of amides is 2. The summed E-state index contributed by atoms with van der Waals surface area (Å²) in [5, 5.41) is 3.27. The number of rotatable bonds is 6. The summed E-state index contributed by atoms with van der Waals surface area (Å²) >= 11 is 0. The van der Waals surface area contributed by atoms with Crippen molar-refractivity contribution < 1.29 is 14.3 Å². The molecule has 2 amide bonds. The highest BCUT2D eigenvalue weighted by atomic mass is 16.5. The van der Waals surface area contributed by atoms with Gasteiger partial charge >= 0.3 is 0 Å². The van der Waals surface area contributed by atoms with Gasteiger partial charge in [-0.05, 0) is 72.9 Å². The Hall–Kier alpha value is -4.03. The van der Waals surface area contributed by atoms with E-state index >= 15 is 0 Å². The molecular formula is C28H25N3O3. The molecule has 6 heteroatoms. The molecule has 0 radical (unpaired) electrons. The largest absolute Gasteiger partial charge is 0.497 e. The highest BCUT2D eigenvalue weighted by molar-refractivity contribution is 6.31. The van der Waals surface area contributed by atoms with Gasteiger partial charge in [-0.3, -0.25) is 19.5 Å². The lowest BCUT2D eigenvalue weighted by atomic mass is 9.89. The first-order valence-electron chi connectivity index (χ1n) is 11.2. The van der Waals surface area contributed by atoms with Crippen LogP contribution >= 0.6 is 0 Å². The molecule has 1 aliphatic heterocycles. The number of hydrogen-bond donors (Lipinski definition) is 0. The van der Waals surface area contributed by atoms with Crippen LogP contribution in [0.15, 0.2) is 71.7 Å². The molecule has 4 aromatic carbocycles. The summed E-state index contributed by atoms with van der Waals surface area (Å²) < 4.78 is 5.22. The van der Waals surface area contributed by atoms with Crippen molar-refractivity contribution >= 4 is 45.3 Å². The van der Waals surface area contributed by atoms with E-state index in [1.54, 1.807) is 19.4 Å². The van der Waals surface area contributed by atoms with E-state index in [0.717, 1.165) is 38.5 Å². The van der Waals surface area contributed by atoms with Gasteiger partial charge in [0.25, 0.3) is 11.8 Å². The van der Waals surface area contributed by atoms with Gasteiger partial charge in [-0.15, -0.1) is 0 Å². The Bertz CT molecular complexity index is 1460. The molecule has 170 valence electrons. The number of carbonyl (C=O) groups excluding carboxylic acids is 2. The number of aliphatic imine (C=N–C) groups is 1. The number of benzene rings is 4. The highest BCUT2D eigenvalue weighted by Gasteiger charge is 2.34. The predicted molar refractivity (Wildman–Crippen MR) is 136 cm³/mol. The second-order valence-electron chi connectivity index (χ2n) is 8.62. The summed E-state index contributed by atoms with van der Waals surface area (Å²) in [5.41, 5.74) is 2.85. The van der Waals surface area contributed by atoms with Crippen molar-refractivity contribution in [3.05, 3.63) is 83.4 Å². The van der Waals surface area contributed by atoms with E-state index in [9.17, 15) is 9.59 Å². The maximum atomic E-state index is 13.6. The molecule has 0 fully saturated rings. The fourth-order valence-electron chi connectivity index (χ4n) is 4.41. The smallest absolute Gasteiger partial charge is 0.262 e. The summed E-state index contributed by atoms with van der Waals surface area (Å²) in [7, 11) is 5.49. The Morgan fingerprint density at radius 3 is 2.44 bits per heavy atom. The number of ether oxygens (including phenoxy) is 1. The first-order valence-corrected chi connectivity index (χ1v) is 11.2. The number of nitrogens with zero attached hydrogens (tertiary/aromatic N) is 3. The minimum atomic E-state index is -0.252. The minimum absolute atomic E-state index is 0.238. The SMILES string of the molecule is COc1ccc(C=Nc2cccc3c4c5c(cccc5cc23)C(=O)N(CCN(C)C)C4=O)cc1. The molecule has 0 bridgehead atoms. The van der Waals surface area contributed by atoms with Crippen LogP contribution < -0.4 is 4.74 Å². The van der Waals surface area contributed by atoms with Crippen LogP contribution in [0.25, 0.3) is 21.5 Å². The number of hydrogen-bond acceptors (Lipinski definition) is 5. The van der Waals surface area contributed by atoms with Crippen LogP contribution in [0.2, 0.25) is 0 Å². The normalized spacial score (nSPS) is 13.6. The van der Waals surface area contributed by atoms with Crippen LogP contribution in [0, 0.1) is 0 Å². The van der Waals surface area contributed by atoms with Gasteiger partial charge in [0.1, 0.15) is 5.75 Å². The van der Waals surface area contributed by atoms with Crippen molar-refractivity contribution in [1.82, 2.24) is 9.80 Å². The van der Waals surface area contributed by atoms with Gasteiger partial charge in [-0.1, -0.05) is 24.3 Å². The van der Waals surface area contributed by atoms with Crippen LogP contribution in [0.1, 0.15) is 26.3 Å². The van der Waals surface area contributed by atoms with Crippen LogP contribution in [-0.4, -0.2) is 62.1 Å². The third-order valence-corrected chi connectivity index (χ3v) is 6.17. The predicted octanol–water partition coefficient (Wildman–Crippen LogP) is 4.91. The number of imide groups is 1. The summed E-state index contributed by atoms with van der Waals surface area (Å²) in [6, 6.07) is 21.1. The Labute approximate surface area is 198 Å². The molecule has 0 unspecified atom stereocenters. The van der Waals surface area contributed by atoms with E-state index < -0.39 is 0 Å². The van der Waals surface area contributed by atoms with Crippen LogP contribution in [0.3, 0.4) is 0 Å². The number of carbonyl (C=O) groups is 2. The lowest BCUT2D eigenvalue weighted by molar-refractivity contribution is 0.0602. The summed E-state index contributed by atoms with van der Waals surface area (Å²) in [6.45, 7) is 0.942. The maximum Gasteiger partial charge on any atom is 0.262 e. The molecule has 6 nitrogen and oxygen atoms in total. The average molecular weight is 452 g/mol. The van der Waals surface area contributed by atoms with Gasteiger partial charge in [0.2, 0.25) is 0 Å². The van der Waals surface area contributed by atoms with Crippen molar-refractivity contribution in [2.24, 2.45) is 4.99 Å². The summed E-state index contributed by atoms with van der Waals surface area (Å²) in [5.74, 6) is 0.297. The molecule has 0 saturated carbocycles. The molecular weight excluding hydrogens is 426 g/mol. The quantitative estimate of drug-likeness (QED) is 0.237. The lowest BCUT2D eigenvalue weighted by Crippen LogP contribution is -2.43. The van der Waals surface area contributed by atoms with Crippen molar-refractivity contribution in [3.63, 3.8) is 0 Å². The zero-order valence-electron chi connectivity index (χ0n) is 19.4. The van der Waals surface area contributed by atoms with Gasteiger partial charge in [-0.25, -0.2) is 0 Å². The third-order valence-electron chi connectivity index (χ3n) is 6.17. The second kappa shape index (κ2) is 8.72. The molecule has 1 aliphatic rings. The topological polar surface area (TPSA) is 62.2 Å². The van der Waals surface area contributed by atoms with Crippen molar-refractivity contribution in [2.45, 2.75) is 0 Å². The van der Waals surface area contributed by atoms with Gasteiger partial charge in [-0.2, -0.15) is 0 Å². The van der Waals surface area contributed by atoms with Crippen LogP contribution in [0.4, 0.5) is 5.69 Å². The number of likely N-dealkylation sites (N-methyl/N-ethyl adjacent to an activating group) is 1. The fourth-order valence-corrected chi connectivity index (χ4v) is 4.41. The molecule has 0 aliphatic carbocycles. The van der Waals surface area contributed by atoms with Crippen molar-refractivity contribution in [3.8, 4) is 5.75 Å². The molecule has 0 atom stereocenters. The molecule has 0 spiro atoms. The number of fused-ring (bicyclic) bond motifs is 2. The van der Waals surface area contributed by atoms with Gasteiger partial charge < -0.3 is 9.64 Å². The summed E-state index contributed by atoms with van der Waals surface area (Å²) in [4.78, 5) is 34.9. The Balaban J connectivity index is 1.66. The zero-order chi connectivity index (χ0) is 23.8. The Morgan fingerprint density at radius 1 is 0.941 bits per heavy atom. The molecule has 34 heavy (non-hydrogen) atoms. The molecule has 4 aromatic rings. The van der Waals surface area contributed by atoms with E-state index in [0.29, 0.717) is 24.2 Å². The van der Waals surface area contributed by atoms with E-state index in [1.165, 1.54) is 4.90 Å². The fraction of sp³-hybridized carbons (Fsp3) is 0.179. The minimum Gasteiger partial charge on any atom is -0.497 e. The lowest BCUT2D eigenvalue weighted by Gasteiger charge is -2.29. The standard InChI is InChI=1S/C28H25N3O3/c1-30(2)14-15-31-27(32)22-8-4-6-19-16-23-21(26(25(19)22)28(31)33)7-5-9-24(23)29-17-18-10-12-20(34-3)13-11-18/h4-13,16-17H,14-15H2,1-3H3. The molecule has 0 saturated heterocycles. The monoisotopic (exact) mass is 451 g/mol. The Kier molecular flexibility index (Phi) is 5.59. The van der Waals surface area contributed by atoms with Crippen molar-refractivity contribution in [1.29, 1.82) is 0 Å². The zero-order valence-corrected chi connectivity index (χ0v) is 19.4. The summed E-state index contributed by atoms with van der Waals surface area (Å²) in [6.07, 6.45) is 1.80. The van der Waals surface area contributed by atoms with Gasteiger partial charge in [0.05, 0.1) is 18.4 Å². The number of methoxy groups -OCH3 is 1. The first kappa shape index (κ1) is 21.8. The van der Waals surface area contributed by atoms with Crippen LogP contribution in [0.5, 0.6) is 5.75 Å². The van der Waals surface area contributed by atoms with Gasteiger partial charge in [0, 0.05) is 35.6 Å². The first-order chi connectivity index (χ1) is 16.5. The van der Waals surface area contributed by atoms with Crippen molar-refractivity contribution in [2.75, 3.05) is 34.3 Å². The third kappa shape index (κ3) is 3.72. The Morgan fingerprint density at radius 2 is 1.71 bits per heavy atom. The van der Waals surface area contributed by atoms with Gasteiger partial charge in [0.15, 0.2) is 0 Å². The second-order valence-corrected chi connectivity index (χ2v) is 8.62. The van der Waals surface area contributed by atoms with E-state index in [4.69, 9.17) is 9.73 Å². The van der Waals surface area contributed by atoms with E-state index in [2.05, 4.69) is 0 Å². The molecule has 5 rings (SSSR count). The van der Waals surface area contributed by atoms with E-state index in [-0.39, 0.29) is 11.8 Å². The molecule has 0 aromatic heterocycles. The highest BCUT2D eigenvalue weighted by Crippen LogP contribution is 2.38. The van der Waals surface area contributed by atoms with E-state index in [1.807, 2.05) is 79.7 Å². The maximum absolute atomic E-state index is 13.6. The molecule has 0 N–H and O–H groups in total. The molecule has 1 heterocycles. The van der Waals surface area contributed by atoms with Crippen LogP contribution in [-0.2, 0) is 0 Å².